The highest BCUT2D eigenvalue weighted by Crippen LogP contribution is 2.44. The summed E-state index contributed by atoms with van der Waals surface area (Å²) in [5, 5.41) is 12.1. The Labute approximate surface area is 234 Å². The Morgan fingerprint density at radius 2 is 1.46 bits per heavy atom. The van der Waals surface area contributed by atoms with Crippen LogP contribution in [0, 0.1) is 0 Å². The fraction of sp³-hybridized carbons (Fsp3) is 0.129. The number of ether oxygens (including phenoxy) is 1. The number of amides is 2. The first-order chi connectivity index (χ1) is 18.9. The van der Waals surface area contributed by atoms with E-state index in [1.807, 2.05) is 54.6 Å². The lowest BCUT2D eigenvalue weighted by Crippen LogP contribution is -2.35. The molecule has 4 aromatic rings. The van der Waals surface area contributed by atoms with Crippen LogP contribution in [0.15, 0.2) is 102 Å². The molecule has 0 saturated carbocycles. The summed E-state index contributed by atoms with van der Waals surface area (Å²) in [6, 6.07) is 30.1. The maximum atomic E-state index is 13.2. The first-order valence-electron chi connectivity index (χ1n) is 12.4. The van der Waals surface area contributed by atoms with Crippen molar-refractivity contribution in [1.29, 1.82) is 0 Å². The van der Waals surface area contributed by atoms with Gasteiger partial charge < -0.3 is 14.7 Å². The minimum absolute atomic E-state index is 0.0589. The Hall–Kier alpha value is -4.43. The van der Waals surface area contributed by atoms with Crippen LogP contribution in [-0.2, 0) is 16.1 Å². The Bertz CT molecular complexity index is 1490. The lowest BCUT2D eigenvalue weighted by atomic mass is 9.98. The summed E-state index contributed by atoms with van der Waals surface area (Å²) >= 11 is 3.41. The monoisotopic (exact) mass is 584 g/mol. The summed E-state index contributed by atoms with van der Waals surface area (Å²) in [7, 11) is 0. The van der Waals surface area contributed by atoms with Gasteiger partial charge in [-0.25, -0.2) is 4.79 Å². The molecule has 4 aromatic carbocycles. The van der Waals surface area contributed by atoms with Gasteiger partial charge in [0, 0.05) is 22.5 Å². The topological polar surface area (TPSA) is 95.9 Å². The molecule has 0 fully saturated rings. The van der Waals surface area contributed by atoms with E-state index in [9.17, 15) is 19.5 Å². The van der Waals surface area contributed by atoms with E-state index in [1.165, 1.54) is 4.90 Å². The van der Waals surface area contributed by atoms with Gasteiger partial charge in [-0.3, -0.25) is 14.9 Å². The van der Waals surface area contributed by atoms with Gasteiger partial charge in [-0.2, -0.15) is 0 Å². The lowest BCUT2D eigenvalue weighted by molar-refractivity contribution is -0.137. The third-order valence-electron chi connectivity index (χ3n) is 6.63. The highest BCUT2D eigenvalue weighted by molar-refractivity contribution is 9.10. The molecule has 196 valence electrons. The predicted octanol–water partition coefficient (Wildman–Crippen LogP) is 6.54. The number of carboxylic acids is 1. The number of carboxylic acid groups (broad SMARTS) is 1. The number of carbonyl (C=O) groups is 3. The van der Waals surface area contributed by atoms with E-state index in [0.717, 1.165) is 27.8 Å². The van der Waals surface area contributed by atoms with E-state index >= 15 is 0 Å². The number of nitrogens with one attached hydrogen (secondary N) is 1. The summed E-state index contributed by atoms with van der Waals surface area (Å²) in [5.74, 6) is -1.60. The largest absolute Gasteiger partial charge is 0.480 e. The van der Waals surface area contributed by atoms with Gasteiger partial charge in [0.15, 0.2) is 0 Å². The van der Waals surface area contributed by atoms with Gasteiger partial charge in [0.05, 0.1) is 5.69 Å². The van der Waals surface area contributed by atoms with E-state index in [4.69, 9.17) is 4.74 Å². The maximum Gasteiger partial charge on any atom is 0.411 e. The fourth-order valence-corrected chi connectivity index (χ4v) is 5.32. The van der Waals surface area contributed by atoms with Crippen molar-refractivity contribution in [3.05, 3.63) is 124 Å². The Morgan fingerprint density at radius 3 is 2.08 bits per heavy atom. The molecule has 5 rings (SSSR count). The van der Waals surface area contributed by atoms with Crippen LogP contribution in [0.4, 0.5) is 10.5 Å². The molecular weight excluding hydrogens is 560 g/mol. The van der Waals surface area contributed by atoms with Crippen LogP contribution in [0.2, 0.25) is 0 Å². The summed E-state index contributed by atoms with van der Waals surface area (Å²) in [5.41, 5.74) is 6.08. The Kier molecular flexibility index (Phi) is 7.74. The zero-order valence-corrected chi connectivity index (χ0v) is 22.4. The number of halogens is 1. The normalized spacial score (nSPS) is 11.8. The van der Waals surface area contributed by atoms with Crippen molar-refractivity contribution in [3.8, 4) is 11.1 Å². The average Bonchev–Trinajstić information content (AvgIpc) is 3.26. The van der Waals surface area contributed by atoms with Gasteiger partial charge in [-0.15, -0.1) is 0 Å². The highest BCUT2D eigenvalue weighted by Gasteiger charge is 2.29. The number of nitrogens with zero attached hydrogens (tertiary/aromatic N) is 1. The first kappa shape index (κ1) is 26.2. The Balaban J connectivity index is 1.25. The van der Waals surface area contributed by atoms with Crippen LogP contribution in [0.25, 0.3) is 11.1 Å². The molecule has 0 saturated heterocycles. The summed E-state index contributed by atoms with van der Waals surface area (Å²) in [4.78, 5) is 38.5. The minimum atomic E-state index is -1.10. The lowest BCUT2D eigenvalue weighted by Gasteiger charge is -2.21. The molecule has 2 amide bonds. The van der Waals surface area contributed by atoms with Crippen LogP contribution in [0.1, 0.15) is 33.0 Å². The molecule has 0 radical (unpaired) electrons. The fourth-order valence-electron chi connectivity index (χ4n) is 4.84. The molecule has 0 bridgehead atoms. The molecule has 39 heavy (non-hydrogen) atoms. The van der Waals surface area contributed by atoms with Crippen molar-refractivity contribution in [2.45, 2.75) is 12.5 Å². The van der Waals surface area contributed by atoms with Gasteiger partial charge in [0.1, 0.15) is 13.2 Å². The van der Waals surface area contributed by atoms with E-state index in [-0.39, 0.29) is 24.6 Å². The average molecular weight is 585 g/mol. The second kappa shape index (κ2) is 11.5. The molecule has 0 atom stereocenters. The van der Waals surface area contributed by atoms with E-state index in [0.29, 0.717) is 10.2 Å². The number of fused-ring (bicyclic) bond motifs is 3. The molecule has 0 spiro atoms. The number of hydrogen-bond donors (Lipinski definition) is 2. The smallest absolute Gasteiger partial charge is 0.411 e. The van der Waals surface area contributed by atoms with Crippen LogP contribution in [0.5, 0.6) is 0 Å². The molecular formula is C31H25BrN2O5. The van der Waals surface area contributed by atoms with Crippen LogP contribution < -0.4 is 5.32 Å². The first-order valence-corrected chi connectivity index (χ1v) is 13.2. The molecule has 8 heteroatoms. The van der Waals surface area contributed by atoms with Crippen molar-refractivity contribution in [3.63, 3.8) is 0 Å². The zero-order chi connectivity index (χ0) is 27.4. The molecule has 1 aliphatic carbocycles. The molecule has 1 aliphatic rings. The van der Waals surface area contributed by atoms with Gasteiger partial charge in [0.25, 0.3) is 5.91 Å². The summed E-state index contributed by atoms with van der Waals surface area (Å²) < 4.78 is 6.08. The summed E-state index contributed by atoms with van der Waals surface area (Å²) in [6.45, 7) is -0.105. The van der Waals surface area contributed by atoms with Gasteiger partial charge in [-0.1, -0.05) is 78.9 Å². The molecule has 0 aromatic heterocycles. The number of rotatable bonds is 8. The quantitative estimate of drug-likeness (QED) is 0.245. The number of benzene rings is 4. The number of aliphatic carboxylic acids is 1. The minimum Gasteiger partial charge on any atom is -0.480 e. The van der Waals surface area contributed by atoms with E-state index in [1.54, 1.807) is 18.2 Å². The SMILES string of the molecule is O=C(O)CN(Cc1ccccc1)C(=O)c1ccc(NC(=O)OCC2c3ccccc3-c3ccccc32)c(Br)c1. The van der Waals surface area contributed by atoms with E-state index < -0.39 is 24.5 Å². The number of hydrogen-bond acceptors (Lipinski definition) is 4. The van der Waals surface area contributed by atoms with Crippen molar-refractivity contribution in [2.24, 2.45) is 0 Å². The molecule has 7 nitrogen and oxygen atoms in total. The molecule has 0 heterocycles. The van der Waals surface area contributed by atoms with E-state index in [2.05, 4.69) is 45.5 Å². The summed E-state index contributed by atoms with van der Waals surface area (Å²) in [6.07, 6.45) is -0.617. The molecule has 0 unspecified atom stereocenters. The second-order valence-electron chi connectivity index (χ2n) is 9.19. The molecule has 0 aliphatic heterocycles. The third kappa shape index (κ3) is 5.86. The van der Waals surface area contributed by atoms with Gasteiger partial charge in [0.2, 0.25) is 0 Å². The zero-order valence-electron chi connectivity index (χ0n) is 20.8. The van der Waals surface area contributed by atoms with Crippen LogP contribution >= 0.6 is 15.9 Å². The van der Waals surface area contributed by atoms with Gasteiger partial charge in [-0.05, 0) is 61.9 Å². The number of anilines is 1. The van der Waals surface area contributed by atoms with Crippen molar-refractivity contribution in [1.82, 2.24) is 4.90 Å². The van der Waals surface area contributed by atoms with Crippen molar-refractivity contribution in [2.75, 3.05) is 18.5 Å². The van der Waals surface area contributed by atoms with Crippen molar-refractivity contribution < 1.29 is 24.2 Å². The van der Waals surface area contributed by atoms with Crippen molar-refractivity contribution >= 4 is 39.6 Å². The molecule has 2 N–H and O–H groups in total. The maximum absolute atomic E-state index is 13.2. The van der Waals surface area contributed by atoms with Crippen LogP contribution in [0.3, 0.4) is 0 Å². The Morgan fingerprint density at radius 1 is 0.846 bits per heavy atom. The van der Waals surface area contributed by atoms with Gasteiger partial charge >= 0.3 is 12.1 Å². The highest BCUT2D eigenvalue weighted by atomic mass is 79.9. The third-order valence-corrected chi connectivity index (χ3v) is 7.28. The van der Waals surface area contributed by atoms with Crippen LogP contribution in [-0.4, -0.2) is 41.1 Å². The number of carbonyl (C=O) groups excluding carboxylic acids is 2. The predicted molar refractivity (Wildman–Crippen MR) is 152 cm³/mol. The second-order valence-corrected chi connectivity index (χ2v) is 10.0. The standard InChI is InChI=1S/C31H25BrN2O5/c32-27-16-21(30(37)34(18-29(35)36)17-20-8-2-1-3-9-20)14-15-28(27)33-31(38)39-19-26-24-12-6-4-10-22(24)23-11-5-7-13-25(23)26/h1-16,26H,17-19H2,(H,33,38)(H,35,36).